The van der Waals surface area contributed by atoms with Gasteiger partial charge in [0, 0.05) is 35.8 Å². The zero-order valence-electron chi connectivity index (χ0n) is 19.6. The summed E-state index contributed by atoms with van der Waals surface area (Å²) < 4.78 is 6.29. The summed E-state index contributed by atoms with van der Waals surface area (Å²) in [7, 11) is 1.79. The molecule has 33 heavy (non-hydrogen) atoms. The maximum absolute atomic E-state index is 6.29. The molecule has 1 saturated carbocycles. The van der Waals surface area contributed by atoms with Crippen LogP contribution in [0.1, 0.15) is 60.8 Å². The number of pyridine rings is 1. The molecular weight excluding hydrogens is 404 g/mol. The predicted molar refractivity (Wildman–Crippen MR) is 140 cm³/mol. The smallest absolute Gasteiger partial charge is 0.227 e. The Hall–Kier alpha value is -3.46. The Balaban J connectivity index is 1.68. The standard InChI is InChI=1S/C30H30N2O/c1-20-12-17-26-27-11-7-19-32-30(27)33-29(26)28(20)21(2)25(10-6-18-31-3)24-15-13-23(14-16-24)22-8-4-5-9-22/h6-7,10-19,22H,4-5,8-9H2,1-3H3/b10-6-,25-21-,31-18+. The number of rotatable bonds is 5. The molecule has 1 aliphatic carbocycles. The number of allylic oxidation sites excluding steroid dienone is 4. The molecule has 1 fully saturated rings. The van der Waals surface area contributed by atoms with E-state index in [0.717, 1.165) is 27.8 Å². The summed E-state index contributed by atoms with van der Waals surface area (Å²) in [6.45, 7) is 4.34. The molecule has 0 bridgehead atoms. The number of fused-ring (bicyclic) bond motifs is 3. The summed E-state index contributed by atoms with van der Waals surface area (Å²) in [5.74, 6) is 0.717. The molecule has 4 aromatic rings. The fourth-order valence-corrected chi connectivity index (χ4v) is 5.23. The van der Waals surface area contributed by atoms with E-state index >= 15 is 0 Å². The van der Waals surface area contributed by atoms with Crippen LogP contribution in [0.2, 0.25) is 0 Å². The van der Waals surface area contributed by atoms with Crippen LogP contribution in [0.3, 0.4) is 0 Å². The lowest BCUT2D eigenvalue weighted by atomic mass is 9.90. The maximum atomic E-state index is 6.29. The number of hydrogen-bond acceptors (Lipinski definition) is 3. The Labute approximate surface area is 195 Å². The normalized spacial score (nSPS) is 16.0. The average molecular weight is 435 g/mol. The van der Waals surface area contributed by atoms with Gasteiger partial charge in [0.15, 0.2) is 0 Å². The van der Waals surface area contributed by atoms with Crippen molar-refractivity contribution in [1.29, 1.82) is 0 Å². The van der Waals surface area contributed by atoms with Crippen molar-refractivity contribution in [3.8, 4) is 0 Å². The van der Waals surface area contributed by atoms with Crippen LogP contribution >= 0.6 is 0 Å². The minimum Gasteiger partial charge on any atom is -0.437 e. The van der Waals surface area contributed by atoms with Crippen molar-refractivity contribution in [2.45, 2.75) is 45.4 Å². The number of aliphatic imine (C=N–C) groups is 1. The lowest BCUT2D eigenvalue weighted by Gasteiger charge is -2.15. The van der Waals surface area contributed by atoms with E-state index in [1.165, 1.54) is 53.5 Å². The van der Waals surface area contributed by atoms with Crippen molar-refractivity contribution in [3.05, 3.63) is 89.1 Å². The summed E-state index contributed by atoms with van der Waals surface area (Å²) in [4.78, 5) is 8.58. The van der Waals surface area contributed by atoms with Crippen LogP contribution in [0.5, 0.6) is 0 Å². The van der Waals surface area contributed by atoms with Gasteiger partial charge in [-0.2, -0.15) is 0 Å². The molecule has 3 heteroatoms. The van der Waals surface area contributed by atoms with Gasteiger partial charge in [0.05, 0.1) is 0 Å². The SMILES string of the molecule is C/N=C/C=C\C(=C(/C)c1c(C)ccc2c1oc1ncccc12)c1ccc(C2CCCC2)cc1. The number of aryl methyl sites for hydroxylation is 1. The minimum absolute atomic E-state index is 0.684. The molecule has 0 amide bonds. The van der Waals surface area contributed by atoms with E-state index in [0.29, 0.717) is 5.71 Å². The molecule has 0 atom stereocenters. The van der Waals surface area contributed by atoms with Crippen molar-refractivity contribution in [1.82, 2.24) is 4.98 Å². The van der Waals surface area contributed by atoms with Gasteiger partial charge < -0.3 is 4.42 Å². The second kappa shape index (κ2) is 9.19. The molecule has 0 spiro atoms. The Bertz CT molecular complexity index is 1380. The van der Waals surface area contributed by atoms with E-state index in [2.05, 4.69) is 72.4 Å². The summed E-state index contributed by atoms with van der Waals surface area (Å²) in [6.07, 6.45) is 13.1. The average Bonchev–Trinajstić information content (AvgIpc) is 3.50. The molecule has 2 aromatic carbocycles. The number of aromatic nitrogens is 1. The number of furan rings is 1. The minimum atomic E-state index is 0.684. The lowest BCUT2D eigenvalue weighted by molar-refractivity contribution is 0.652. The van der Waals surface area contributed by atoms with Gasteiger partial charge in [0.25, 0.3) is 0 Å². The van der Waals surface area contributed by atoms with Gasteiger partial charge in [-0.05, 0) is 78.7 Å². The Kier molecular flexibility index (Phi) is 5.95. The number of hydrogen-bond donors (Lipinski definition) is 0. The molecule has 2 aromatic heterocycles. The van der Waals surface area contributed by atoms with Crippen LogP contribution in [-0.4, -0.2) is 18.2 Å². The van der Waals surface area contributed by atoms with Crippen LogP contribution in [0, 0.1) is 6.92 Å². The maximum Gasteiger partial charge on any atom is 0.227 e. The van der Waals surface area contributed by atoms with Gasteiger partial charge in [-0.15, -0.1) is 0 Å². The second-order valence-corrected chi connectivity index (χ2v) is 9.00. The van der Waals surface area contributed by atoms with Gasteiger partial charge in [-0.3, -0.25) is 4.99 Å². The monoisotopic (exact) mass is 434 g/mol. The van der Waals surface area contributed by atoms with Gasteiger partial charge >= 0.3 is 0 Å². The van der Waals surface area contributed by atoms with Crippen LogP contribution in [0.25, 0.3) is 33.2 Å². The molecule has 0 unspecified atom stereocenters. The highest BCUT2D eigenvalue weighted by Crippen LogP contribution is 2.39. The first-order valence-corrected chi connectivity index (χ1v) is 11.8. The Morgan fingerprint density at radius 2 is 1.82 bits per heavy atom. The summed E-state index contributed by atoms with van der Waals surface area (Å²) in [5.41, 5.74) is 8.95. The first-order chi connectivity index (χ1) is 16.2. The summed E-state index contributed by atoms with van der Waals surface area (Å²) in [5, 5.41) is 2.16. The second-order valence-electron chi connectivity index (χ2n) is 9.00. The predicted octanol–water partition coefficient (Wildman–Crippen LogP) is 8.13. The fraction of sp³-hybridized carbons (Fsp3) is 0.267. The van der Waals surface area contributed by atoms with Crippen LogP contribution in [-0.2, 0) is 0 Å². The van der Waals surface area contributed by atoms with Crippen LogP contribution in [0.15, 0.2) is 76.3 Å². The van der Waals surface area contributed by atoms with E-state index in [-0.39, 0.29) is 0 Å². The third-order valence-electron chi connectivity index (χ3n) is 6.95. The van der Waals surface area contributed by atoms with E-state index in [1.54, 1.807) is 13.2 Å². The molecule has 166 valence electrons. The molecule has 0 saturated heterocycles. The highest BCUT2D eigenvalue weighted by Gasteiger charge is 2.19. The van der Waals surface area contributed by atoms with Gasteiger partial charge in [0.1, 0.15) is 5.58 Å². The highest BCUT2D eigenvalue weighted by molar-refractivity contribution is 6.10. The van der Waals surface area contributed by atoms with E-state index in [1.807, 2.05) is 18.4 Å². The first-order valence-electron chi connectivity index (χ1n) is 11.8. The molecule has 0 aliphatic heterocycles. The summed E-state index contributed by atoms with van der Waals surface area (Å²) >= 11 is 0. The Morgan fingerprint density at radius 1 is 1.03 bits per heavy atom. The van der Waals surface area contributed by atoms with Crippen LogP contribution in [0.4, 0.5) is 0 Å². The topological polar surface area (TPSA) is 38.4 Å². The molecule has 3 nitrogen and oxygen atoms in total. The quantitative estimate of drug-likeness (QED) is 0.181. The van der Waals surface area contributed by atoms with Crippen molar-refractivity contribution in [3.63, 3.8) is 0 Å². The van der Waals surface area contributed by atoms with E-state index in [9.17, 15) is 0 Å². The molecular formula is C30H30N2O. The van der Waals surface area contributed by atoms with E-state index in [4.69, 9.17) is 4.42 Å². The van der Waals surface area contributed by atoms with Gasteiger partial charge in [-0.25, -0.2) is 4.98 Å². The zero-order chi connectivity index (χ0) is 22.8. The van der Waals surface area contributed by atoms with Crippen LogP contribution < -0.4 is 0 Å². The number of benzene rings is 2. The van der Waals surface area contributed by atoms with Gasteiger partial charge in [0.2, 0.25) is 5.71 Å². The molecule has 5 rings (SSSR count). The molecule has 0 N–H and O–H groups in total. The fourth-order valence-electron chi connectivity index (χ4n) is 5.23. The third-order valence-corrected chi connectivity index (χ3v) is 6.95. The lowest BCUT2D eigenvalue weighted by Crippen LogP contribution is -1.95. The molecule has 2 heterocycles. The van der Waals surface area contributed by atoms with Crippen molar-refractivity contribution in [2.75, 3.05) is 7.05 Å². The molecule has 0 radical (unpaired) electrons. The van der Waals surface area contributed by atoms with Gasteiger partial charge in [-0.1, -0.05) is 55.3 Å². The summed E-state index contributed by atoms with van der Waals surface area (Å²) in [6, 6.07) is 17.5. The highest BCUT2D eigenvalue weighted by atomic mass is 16.3. The van der Waals surface area contributed by atoms with Crippen molar-refractivity contribution >= 4 is 39.4 Å². The third kappa shape index (κ3) is 4.04. The zero-order valence-corrected chi connectivity index (χ0v) is 19.6. The Morgan fingerprint density at radius 3 is 2.58 bits per heavy atom. The largest absolute Gasteiger partial charge is 0.437 e. The number of nitrogens with zero attached hydrogens (tertiary/aromatic N) is 2. The van der Waals surface area contributed by atoms with E-state index < -0.39 is 0 Å². The van der Waals surface area contributed by atoms with Crippen molar-refractivity contribution < 1.29 is 4.42 Å². The van der Waals surface area contributed by atoms with Crippen molar-refractivity contribution in [2.24, 2.45) is 4.99 Å². The molecule has 1 aliphatic rings. The first kappa shape index (κ1) is 21.4.